The van der Waals surface area contributed by atoms with Crippen LogP contribution in [0, 0.1) is 16.0 Å². The molecule has 8 heteroatoms. The maximum atomic E-state index is 11.2. The summed E-state index contributed by atoms with van der Waals surface area (Å²) in [6, 6.07) is 1.04. The second-order valence-electron chi connectivity index (χ2n) is 4.46. The lowest BCUT2D eigenvalue weighted by Crippen LogP contribution is -2.25. The molecule has 0 saturated carbocycles. The van der Waals surface area contributed by atoms with Gasteiger partial charge in [-0.1, -0.05) is 0 Å². The molecule has 19 heavy (non-hydrogen) atoms. The van der Waals surface area contributed by atoms with E-state index in [4.69, 9.17) is 10.8 Å². The minimum absolute atomic E-state index is 0.146. The van der Waals surface area contributed by atoms with Gasteiger partial charge in [-0.05, 0) is 18.9 Å². The molecule has 1 fully saturated rings. The maximum absolute atomic E-state index is 11.2. The molecule has 1 atom stereocenters. The molecule has 102 valence electrons. The first-order valence-electron chi connectivity index (χ1n) is 5.85. The maximum Gasteiger partial charge on any atom is 0.339 e. The third kappa shape index (κ3) is 2.63. The van der Waals surface area contributed by atoms with Crippen molar-refractivity contribution < 1.29 is 14.8 Å². The Labute approximate surface area is 109 Å². The van der Waals surface area contributed by atoms with Crippen molar-refractivity contribution in [1.82, 2.24) is 4.98 Å². The number of aromatic nitrogens is 1. The van der Waals surface area contributed by atoms with E-state index in [1.165, 1.54) is 0 Å². The average Bonchev–Trinajstić information content (AvgIpc) is 2.86. The van der Waals surface area contributed by atoms with Gasteiger partial charge in [0.2, 0.25) is 0 Å². The van der Waals surface area contributed by atoms with Crippen LogP contribution in [0.2, 0.25) is 0 Å². The van der Waals surface area contributed by atoms with Crippen molar-refractivity contribution in [2.75, 3.05) is 24.5 Å². The smallest absolute Gasteiger partial charge is 0.339 e. The molecule has 2 rings (SSSR count). The van der Waals surface area contributed by atoms with Crippen molar-refractivity contribution in [3.05, 3.63) is 27.9 Å². The van der Waals surface area contributed by atoms with E-state index >= 15 is 0 Å². The van der Waals surface area contributed by atoms with E-state index in [1.54, 1.807) is 0 Å². The first-order valence-corrected chi connectivity index (χ1v) is 5.85. The normalized spacial score (nSPS) is 18.6. The Hall–Kier alpha value is -2.22. The lowest BCUT2D eigenvalue weighted by molar-refractivity contribution is -0.385. The molecule has 0 spiro atoms. The SMILES string of the molecule is NCC1CCN(c2ncc([N+](=O)[O-])cc2C(=O)O)C1. The number of hydrogen-bond donors (Lipinski definition) is 2. The average molecular weight is 266 g/mol. The standard InChI is InChI=1S/C11H14N4O4/c12-4-7-1-2-14(6-7)10-9(11(16)17)3-8(5-13-10)15(18)19/h3,5,7H,1-2,4,6,12H2,(H,16,17). The van der Waals surface area contributed by atoms with Gasteiger partial charge in [0, 0.05) is 19.2 Å². The Balaban J connectivity index is 2.35. The van der Waals surface area contributed by atoms with Crippen molar-refractivity contribution in [1.29, 1.82) is 0 Å². The van der Waals surface area contributed by atoms with E-state index in [0.29, 0.717) is 25.6 Å². The molecule has 1 saturated heterocycles. The summed E-state index contributed by atoms with van der Waals surface area (Å²) >= 11 is 0. The van der Waals surface area contributed by atoms with Crippen molar-refractivity contribution in [3.63, 3.8) is 0 Å². The highest BCUT2D eigenvalue weighted by atomic mass is 16.6. The van der Waals surface area contributed by atoms with Crippen molar-refractivity contribution >= 4 is 17.5 Å². The van der Waals surface area contributed by atoms with Crippen LogP contribution in [0.1, 0.15) is 16.8 Å². The van der Waals surface area contributed by atoms with Gasteiger partial charge in [0.15, 0.2) is 0 Å². The first kappa shape index (κ1) is 13.2. The number of nitrogens with zero attached hydrogens (tertiary/aromatic N) is 3. The van der Waals surface area contributed by atoms with Crippen LogP contribution >= 0.6 is 0 Å². The molecule has 2 heterocycles. The summed E-state index contributed by atoms with van der Waals surface area (Å²) in [4.78, 5) is 26.9. The molecule has 0 aromatic carbocycles. The summed E-state index contributed by atoms with van der Waals surface area (Å²) in [5.74, 6) is -0.643. The summed E-state index contributed by atoms with van der Waals surface area (Å²) in [6.45, 7) is 1.82. The van der Waals surface area contributed by atoms with Gasteiger partial charge in [0.05, 0.1) is 4.92 Å². The minimum Gasteiger partial charge on any atom is -0.478 e. The van der Waals surface area contributed by atoms with E-state index in [-0.39, 0.29) is 17.1 Å². The number of pyridine rings is 1. The fourth-order valence-corrected chi connectivity index (χ4v) is 2.17. The topological polar surface area (TPSA) is 123 Å². The zero-order valence-electron chi connectivity index (χ0n) is 10.2. The van der Waals surface area contributed by atoms with Crippen LogP contribution in [0.4, 0.5) is 11.5 Å². The molecule has 8 nitrogen and oxygen atoms in total. The number of carboxylic acids is 1. The van der Waals surface area contributed by atoms with Gasteiger partial charge >= 0.3 is 5.97 Å². The first-order chi connectivity index (χ1) is 9.02. The lowest BCUT2D eigenvalue weighted by Gasteiger charge is -2.18. The largest absolute Gasteiger partial charge is 0.478 e. The third-order valence-electron chi connectivity index (χ3n) is 3.21. The predicted molar refractivity (Wildman–Crippen MR) is 67.2 cm³/mol. The van der Waals surface area contributed by atoms with E-state index < -0.39 is 10.9 Å². The molecule has 0 aliphatic carbocycles. The number of nitro groups is 1. The molecular formula is C11H14N4O4. The molecule has 1 aromatic rings. The van der Waals surface area contributed by atoms with Crippen molar-refractivity contribution in [2.24, 2.45) is 11.7 Å². The van der Waals surface area contributed by atoms with Crippen LogP contribution in [0.25, 0.3) is 0 Å². The zero-order chi connectivity index (χ0) is 14.0. The van der Waals surface area contributed by atoms with Gasteiger partial charge in [0.1, 0.15) is 17.6 Å². The van der Waals surface area contributed by atoms with Gasteiger partial charge in [-0.25, -0.2) is 9.78 Å². The van der Waals surface area contributed by atoms with Gasteiger partial charge in [0.25, 0.3) is 5.69 Å². The molecule has 1 unspecified atom stereocenters. The monoisotopic (exact) mass is 266 g/mol. The van der Waals surface area contributed by atoms with Crippen molar-refractivity contribution in [3.8, 4) is 0 Å². The highest BCUT2D eigenvalue weighted by molar-refractivity contribution is 5.94. The van der Waals surface area contributed by atoms with Gasteiger partial charge in [-0.15, -0.1) is 0 Å². The van der Waals surface area contributed by atoms with Crippen LogP contribution in [-0.4, -0.2) is 40.6 Å². The number of carbonyl (C=O) groups is 1. The lowest BCUT2D eigenvalue weighted by atomic mass is 10.1. The summed E-state index contributed by atoms with van der Waals surface area (Å²) < 4.78 is 0. The number of anilines is 1. The summed E-state index contributed by atoms with van der Waals surface area (Å²) in [7, 11) is 0. The molecule has 1 aliphatic heterocycles. The Bertz CT molecular complexity index is 519. The third-order valence-corrected chi connectivity index (χ3v) is 3.21. The van der Waals surface area contributed by atoms with E-state index in [0.717, 1.165) is 18.7 Å². The zero-order valence-corrected chi connectivity index (χ0v) is 10.2. The predicted octanol–water partition coefficient (Wildman–Crippen LogP) is 0.473. The quantitative estimate of drug-likeness (QED) is 0.599. The second-order valence-corrected chi connectivity index (χ2v) is 4.46. The molecule has 1 aromatic heterocycles. The minimum atomic E-state index is -1.22. The molecule has 3 N–H and O–H groups in total. The van der Waals surface area contributed by atoms with E-state index in [2.05, 4.69) is 4.98 Å². The molecule has 1 aliphatic rings. The fourth-order valence-electron chi connectivity index (χ4n) is 2.17. The highest BCUT2D eigenvalue weighted by Crippen LogP contribution is 2.27. The van der Waals surface area contributed by atoms with Crippen LogP contribution in [0.3, 0.4) is 0 Å². The summed E-state index contributed by atoms with van der Waals surface area (Å²) in [5.41, 5.74) is 5.11. The van der Waals surface area contributed by atoms with Crippen LogP contribution in [0.15, 0.2) is 12.3 Å². The van der Waals surface area contributed by atoms with Gasteiger partial charge in [-0.3, -0.25) is 10.1 Å². The Morgan fingerprint density at radius 2 is 2.42 bits per heavy atom. The number of carboxylic acid groups (broad SMARTS) is 1. The summed E-state index contributed by atoms with van der Waals surface area (Å²) in [5, 5.41) is 19.8. The highest BCUT2D eigenvalue weighted by Gasteiger charge is 2.27. The number of nitrogens with two attached hydrogens (primary N) is 1. The molecule has 0 bridgehead atoms. The van der Waals surface area contributed by atoms with Crippen molar-refractivity contribution in [2.45, 2.75) is 6.42 Å². The van der Waals surface area contributed by atoms with E-state index in [9.17, 15) is 14.9 Å². The van der Waals surface area contributed by atoms with Gasteiger partial charge < -0.3 is 15.7 Å². The Kier molecular flexibility index (Phi) is 3.61. The second kappa shape index (κ2) is 5.19. The Morgan fingerprint density at radius 3 is 2.95 bits per heavy atom. The molecule has 0 amide bonds. The molecular weight excluding hydrogens is 252 g/mol. The van der Waals surface area contributed by atoms with Gasteiger partial charge in [-0.2, -0.15) is 0 Å². The van der Waals surface area contributed by atoms with Crippen LogP contribution < -0.4 is 10.6 Å². The van der Waals surface area contributed by atoms with Crippen LogP contribution in [-0.2, 0) is 0 Å². The fraction of sp³-hybridized carbons (Fsp3) is 0.455. The number of rotatable bonds is 4. The number of hydrogen-bond acceptors (Lipinski definition) is 6. The number of aromatic carboxylic acids is 1. The van der Waals surface area contributed by atoms with Crippen LogP contribution in [0.5, 0.6) is 0 Å². The Morgan fingerprint density at radius 1 is 1.68 bits per heavy atom. The molecule has 0 radical (unpaired) electrons. The van der Waals surface area contributed by atoms with E-state index in [1.807, 2.05) is 4.90 Å². The summed E-state index contributed by atoms with van der Waals surface area (Å²) in [6.07, 6.45) is 1.95.